The molecular formula is C17H26N2. The Labute approximate surface area is 117 Å². The van der Waals surface area contributed by atoms with E-state index in [4.69, 9.17) is 0 Å². The van der Waals surface area contributed by atoms with Crippen molar-refractivity contribution in [2.24, 2.45) is 0 Å². The summed E-state index contributed by atoms with van der Waals surface area (Å²) in [5.41, 5.74) is 4.39. The molecule has 2 bridgehead atoms. The van der Waals surface area contributed by atoms with Crippen molar-refractivity contribution in [2.75, 3.05) is 7.05 Å². The molecule has 0 amide bonds. The molecule has 1 aromatic carbocycles. The van der Waals surface area contributed by atoms with E-state index < -0.39 is 0 Å². The Morgan fingerprint density at radius 2 is 1.68 bits per heavy atom. The molecule has 0 radical (unpaired) electrons. The summed E-state index contributed by atoms with van der Waals surface area (Å²) in [6.07, 6.45) is 5.44. The second-order valence-corrected chi connectivity index (χ2v) is 6.55. The van der Waals surface area contributed by atoms with E-state index in [-0.39, 0.29) is 0 Å². The van der Waals surface area contributed by atoms with Crippen molar-refractivity contribution in [3.8, 4) is 0 Å². The van der Waals surface area contributed by atoms with Crippen LogP contribution in [0.2, 0.25) is 0 Å². The second kappa shape index (κ2) is 5.26. The summed E-state index contributed by atoms with van der Waals surface area (Å²) in [6, 6.07) is 8.97. The smallest absolute Gasteiger partial charge is 0.0238 e. The van der Waals surface area contributed by atoms with Crippen LogP contribution in [-0.2, 0) is 6.54 Å². The summed E-state index contributed by atoms with van der Waals surface area (Å²) < 4.78 is 0. The lowest BCUT2D eigenvalue weighted by Gasteiger charge is -2.36. The van der Waals surface area contributed by atoms with Gasteiger partial charge in [0.2, 0.25) is 0 Å². The van der Waals surface area contributed by atoms with Gasteiger partial charge >= 0.3 is 0 Å². The maximum atomic E-state index is 3.74. The summed E-state index contributed by atoms with van der Waals surface area (Å²) in [6.45, 7) is 5.58. The van der Waals surface area contributed by atoms with E-state index >= 15 is 0 Å². The number of piperidine rings is 1. The summed E-state index contributed by atoms with van der Waals surface area (Å²) in [5, 5.41) is 3.74. The Kier molecular flexibility index (Phi) is 3.64. The van der Waals surface area contributed by atoms with E-state index in [0.29, 0.717) is 0 Å². The molecule has 19 heavy (non-hydrogen) atoms. The lowest BCUT2D eigenvalue weighted by atomic mass is 9.96. The highest BCUT2D eigenvalue weighted by Gasteiger charge is 2.35. The Balaban J connectivity index is 1.69. The van der Waals surface area contributed by atoms with E-state index in [1.165, 1.54) is 42.4 Å². The molecule has 104 valence electrons. The lowest BCUT2D eigenvalue weighted by Crippen LogP contribution is -2.46. The van der Waals surface area contributed by atoms with Crippen LogP contribution in [0.4, 0.5) is 0 Å². The van der Waals surface area contributed by atoms with Gasteiger partial charge < -0.3 is 5.32 Å². The zero-order valence-electron chi connectivity index (χ0n) is 12.4. The Bertz CT molecular complexity index is 422. The van der Waals surface area contributed by atoms with Crippen LogP contribution in [0.25, 0.3) is 0 Å². The predicted octanol–water partition coefficient (Wildman–Crippen LogP) is 3.02. The third-order valence-corrected chi connectivity index (χ3v) is 5.12. The summed E-state index contributed by atoms with van der Waals surface area (Å²) >= 11 is 0. The molecule has 3 rings (SSSR count). The van der Waals surface area contributed by atoms with Crippen molar-refractivity contribution >= 4 is 0 Å². The summed E-state index contributed by atoms with van der Waals surface area (Å²) in [7, 11) is 2.31. The summed E-state index contributed by atoms with van der Waals surface area (Å²) in [4.78, 5) is 2.58. The zero-order valence-corrected chi connectivity index (χ0v) is 12.4. The van der Waals surface area contributed by atoms with Gasteiger partial charge in [-0.25, -0.2) is 0 Å². The highest BCUT2D eigenvalue weighted by molar-refractivity contribution is 5.33. The average molecular weight is 258 g/mol. The Hall–Kier alpha value is -0.860. The van der Waals surface area contributed by atoms with Crippen molar-refractivity contribution < 1.29 is 0 Å². The van der Waals surface area contributed by atoms with Crippen LogP contribution in [0, 0.1) is 13.8 Å². The topological polar surface area (TPSA) is 15.3 Å². The van der Waals surface area contributed by atoms with Gasteiger partial charge in [0.1, 0.15) is 0 Å². The summed E-state index contributed by atoms with van der Waals surface area (Å²) in [5.74, 6) is 0. The molecule has 1 aromatic rings. The van der Waals surface area contributed by atoms with Crippen LogP contribution in [0.3, 0.4) is 0 Å². The molecule has 2 fully saturated rings. The van der Waals surface area contributed by atoms with Crippen molar-refractivity contribution in [1.82, 2.24) is 10.2 Å². The number of aryl methyl sites for hydroxylation is 2. The van der Waals surface area contributed by atoms with Gasteiger partial charge in [-0.15, -0.1) is 0 Å². The molecule has 2 atom stereocenters. The van der Waals surface area contributed by atoms with Crippen molar-refractivity contribution in [1.29, 1.82) is 0 Å². The van der Waals surface area contributed by atoms with Gasteiger partial charge in [0.25, 0.3) is 0 Å². The maximum absolute atomic E-state index is 3.74. The minimum Gasteiger partial charge on any atom is -0.311 e. The minimum absolute atomic E-state index is 0.762. The maximum Gasteiger partial charge on any atom is 0.0238 e. The highest BCUT2D eigenvalue weighted by atomic mass is 15.2. The largest absolute Gasteiger partial charge is 0.311 e. The van der Waals surface area contributed by atoms with Gasteiger partial charge in [-0.3, -0.25) is 4.90 Å². The van der Waals surface area contributed by atoms with E-state index in [9.17, 15) is 0 Å². The second-order valence-electron chi connectivity index (χ2n) is 6.55. The van der Waals surface area contributed by atoms with E-state index in [2.05, 4.69) is 49.3 Å². The quantitative estimate of drug-likeness (QED) is 0.896. The molecule has 0 aliphatic carbocycles. The number of benzene rings is 1. The molecule has 2 nitrogen and oxygen atoms in total. The van der Waals surface area contributed by atoms with Crippen LogP contribution in [-0.4, -0.2) is 30.1 Å². The molecule has 2 heterocycles. The molecule has 0 aromatic heterocycles. The van der Waals surface area contributed by atoms with Gasteiger partial charge in [-0.2, -0.15) is 0 Å². The third kappa shape index (κ3) is 2.70. The van der Waals surface area contributed by atoms with Crippen molar-refractivity contribution in [2.45, 2.75) is 64.2 Å². The van der Waals surface area contributed by atoms with Gasteiger partial charge in [0.15, 0.2) is 0 Å². The lowest BCUT2D eigenvalue weighted by molar-refractivity contribution is 0.165. The van der Waals surface area contributed by atoms with Crippen LogP contribution in [0.5, 0.6) is 0 Å². The monoisotopic (exact) mass is 258 g/mol. The molecule has 0 spiro atoms. The van der Waals surface area contributed by atoms with Crippen LogP contribution in [0.15, 0.2) is 18.2 Å². The van der Waals surface area contributed by atoms with E-state index in [0.717, 1.165) is 24.7 Å². The highest BCUT2D eigenvalue weighted by Crippen LogP contribution is 2.30. The van der Waals surface area contributed by atoms with Gasteiger partial charge in [0, 0.05) is 24.7 Å². The van der Waals surface area contributed by atoms with Crippen LogP contribution < -0.4 is 5.32 Å². The SMILES string of the molecule is Cc1cccc(C)c1CN(C)C1CC2CCC(C1)N2. The first-order valence-corrected chi connectivity index (χ1v) is 7.65. The Morgan fingerprint density at radius 1 is 1.11 bits per heavy atom. The molecule has 0 saturated carbocycles. The number of hydrogen-bond donors (Lipinski definition) is 1. The molecule has 2 heteroatoms. The normalized spacial score (nSPS) is 30.0. The van der Waals surface area contributed by atoms with Gasteiger partial charge in [-0.1, -0.05) is 18.2 Å². The van der Waals surface area contributed by atoms with Crippen molar-refractivity contribution in [3.05, 3.63) is 34.9 Å². The Morgan fingerprint density at radius 3 is 2.26 bits per heavy atom. The first-order chi connectivity index (χ1) is 9.13. The predicted molar refractivity (Wildman–Crippen MR) is 80.4 cm³/mol. The fourth-order valence-corrected chi connectivity index (χ4v) is 3.86. The molecular weight excluding hydrogens is 232 g/mol. The van der Waals surface area contributed by atoms with Gasteiger partial charge in [-0.05, 0) is 63.3 Å². The van der Waals surface area contributed by atoms with E-state index in [1.807, 2.05) is 0 Å². The average Bonchev–Trinajstić information content (AvgIpc) is 2.72. The fraction of sp³-hybridized carbons (Fsp3) is 0.647. The van der Waals surface area contributed by atoms with Crippen LogP contribution >= 0.6 is 0 Å². The fourth-order valence-electron chi connectivity index (χ4n) is 3.86. The standard InChI is InChI=1S/C17H26N2/c1-12-5-4-6-13(2)17(12)11-19(3)16-9-14-7-8-15(10-16)18-14/h4-6,14-16,18H,7-11H2,1-3H3. The first-order valence-electron chi connectivity index (χ1n) is 7.65. The molecule has 2 unspecified atom stereocenters. The first kappa shape index (κ1) is 13.1. The molecule has 2 aliphatic rings. The number of hydrogen-bond acceptors (Lipinski definition) is 2. The number of nitrogens with zero attached hydrogens (tertiary/aromatic N) is 1. The minimum atomic E-state index is 0.762. The zero-order chi connectivity index (χ0) is 13.4. The van der Waals surface area contributed by atoms with Crippen LogP contribution in [0.1, 0.15) is 42.4 Å². The van der Waals surface area contributed by atoms with E-state index in [1.54, 1.807) is 0 Å². The number of nitrogens with one attached hydrogen (secondary N) is 1. The number of fused-ring (bicyclic) bond motifs is 2. The molecule has 2 aliphatic heterocycles. The molecule has 1 N–H and O–H groups in total. The molecule has 2 saturated heterocycles. The third-order valence-electron chi connectivity index (χ3n) is 5.12. The number of rotatable bonds is 3. The van der Waals surface area contributed by atoms with Gasteiger partial charge in [0.05, 0.1) is 0 Å². The van der Waals surface area contributed by atoms with Crippen molar-refractivity contribution in [3.63, 3.8) is 0 Å².